The summed E-state index contributed by atoms with van der Waals surface area (Å²) in [4.78, 5) is 24.2. The van der Waals surface area contributed by atoms with E-state index >= 15 is 0 Å². The van der Waals surface area contributed by atoms with Gasteiger partial charge in [-0.3, -0.25) is 9.59 Å². The molecule has 1 atom stereocenters. The van der Waals surface area contributed by atoms with E-state index in [1.165, 1.54) is 0 Å². The fraction of sp³-hybridized carbons (Fsp3) is 0.333. The summed E-state index contributed by atoms with van der Waals surface area (Å²) in [5.74, 6) is -2.17. The molecule has 0 aromatic heterocycles. The van der Waals surface area contributed by atoms with Gasteiger partial charge in [0.2, 0.25) is 5.91 Å². The van der Waals surface area contributed by atoms with Gasteiger partial charge in [0.1, 0.15) is 11.6 Å². The topological polar surface area (TPSA) is 58.2 Å². The second-order valence-corrected chi connectivity index (χ2v) is 6.79. The van der Waals surface area contributed by atoms with Crippen LogP contribution in [0.3, 0.4) is 0 Å². The maximum Gasteiger partial charge on any atom is 0.254 e. The van der Waals surface area contributed by atoms with Crippen LogP contribution in [0.4, 0.5) is 8.78 Å². The quantitative estimate of drug-likeness (QED) is 0.734. The molecule has 0 aliphatic carbocycles. The van der Waals surface area contributed by atoms with Gasteiger partial charge in [-0.2, -0.15) is 0 Å². The number of carbonyl (C=O) groups is 2. The molecule has 0 radical (unpaired) electrons. The third-order valence-corrected chi connectivity index (χ3v) is 4.06. The number of hydrogen-bond acceptors (Lipinski definition) is 2. The first-order chi connectivity index (χ1) is 12.9. The maximum absolute atomic E-state index is 13.6. The van der Waals surface area contributed by atoms with Gasteiger partial charge in [0, 0.05) is 19.0 Å². The van der Waals surface area contributed by atoms with Crippen LogP contribution in [0.5, 0.6) is 0 Å². The lowest BCUT2D eigenvalue weighted by atomic mass is 9.97. The number of carbonyl (C=O) groups excluding carboxylic acids is 2. The van der Waals surface area contributed by atoms with E-state index in [2.05, 4.69) is 24.5 Å². The van der Waals surface area contributed by atoms with Gasteiger partial charge in [-0.05, 0) is 30.0 Å². The predicted molar refractivity (Wildman–Crippen MR) is 100 cm³/mol. The Labute approximate surface area is 158 Å². The summed E-state index contributed by atoms with van der Waals surface area (Å²) in [7, 11) is 0. The van der Waals surface area contributed by atoms with Gasteiger partial charge in [0.25, 0.3) is 5.91 Å². The molecule has 6 heteroatoms. The van der Waals surface area contributed by atoms with Crippen LogP contribution >= 0.6 is 0 Å². The Kier molecular flexibility index (Phi) is 7.46. The molecule has 0 aliphatic rings. The van der Waals surface area contributed by atoms with Crippen LogP contribution in [0.1, 0.15) is 48.7 Å². The monoisotopic (exact) mass is 374 g/mol. The summed E-state index contributed by atoms with van der Waals surface area (Å²) >= 11 is 0. The van der Waals surface area contributed by atoms with Crippen LogP contribution in [0.15, 0.2) is 48.5 Å². The number of rotatable bonds is 8. The van der Waals surface area contributed by atoms with E-state index in [1.54, 1.807) is 0 Å². The molecule has 0 spiro atoms. The van der Waals surface area contributed by atoms with Crippen LogP contribution in [0, 0.1) is 17.6 Å². The van der Waals surface area contributed by atoms with E-state index in [4.69, 9.17) is 0 Å². The molecule has 0 heterocycles. The average Bonchev–Trinajstić information content (AvgIpc) is 2.61. The molecule has 4 nitrogen and oxygen atoms in total. The van der Waals surface area contributed by atoms with Gasteiger partial charge in [0.05, 0.1) is 11.6 Å². The number of halogens is 2. The van der Waals surface area contributed by atoms with Crippen molar-refractivity contribution in [1.82, 2.24) is 10.6 Å². The average molecular weight is 374 g/mol. The number of nitrogens with one attached hydrogen (secondary N) is 2. The van der Waals surface area contributed by atoms with Gasteiger partial charge in [-0.1, -0.05) is 44.2 Å². The summed E-state index contributed by atoms with van der Waals surface area (Å²) in [5.41, 5.74) is 0.774. The summed E-state index contributed by atoms with van der Waals surface area (Å²) < 4.78 is 26.5. The van der Waals surface area contributed by atoms with Crippen molar-refractivity contribution < 1.29 is 18.4 Å². The van der Waals surface area contributed by atoms with Crippen LogP contribution in [0.2, 0.25) is 0 Å². The normalized spacial score (nSPS) is 11.9. The zero-order valence-corrected chi connectivity index (χ0v) is 15.5. The van der Waals surface area contributed by atoms with Gasteiger partial charge in [-0.25, -0.2) is 8.78 Å². The molecule has 2 aromatic carbocycles. The molecule has 2 aromatic rings. The lowest BCUT2D eigenvalue weighted by Gasteiger charge is -2.21. The Balaban J connectivity index is 1.87. The molecule has 0 fully saturated rings. The Morgan fingerprint density at radius 1 is 1.04 bits per heavy atom. The second-order valence-electron chi connectivity index (χ2n) is 6.79. The highest BCUT2D eigenvalue weighted by atomic mass is 19.1. The molecule has 2 N–H and O–H groups in total. The third-order valence-electron chi connectivity index (χ3n) is 4.06. The van der Waals surface area contributed by atoms with Gasteiger partial charge in [-0.15, -0.1) is 0 Å². The molecule has 144 valence electrons. The highest BCUT2D eigenvalue weighted by Gasteiger charge is 2.17. The number of hydrogen-bond donors (Lipinski definition) is 2. The molecule has 0 saturated carbocycles. The van der Waals surface area contributed by atoms with E-state index in [9.17, 15) is 18.4 Å². The van der Waals surface area contributed by atoms with Crippen molar-refractivity contribution in [3.05, 3.63) is 71.3 Å². The number of amides is 2. The van der Waals surface area contributed by atoms with Crippen molar-refractivity contribution >= 4 is 11.8 Å². The minimum atomic E-state index is -0.932. The van der Waals surface area contributed by atoms with E-state index in [0.717, 1.165) is 24.1 Å². The SMILES string of the molecule is CC(C)CC(NC(=O)CCNC(=O)c1ccc(F)cc1F)c1ccccc1. The van der Waals surface area contributed by atoms with E-state index in [1.807, 2.05) is 30.3 Å². The van der Waals surface area contributed by atoms with E-state index in [-0.39, 0.29) is 30.5 Å². The van der Waals surface area contributed by atoms with Crippen LogP contribution in [-0.4, -0.2) is 18.4 Å². The zero-order valence-electron chi connectivity index (χ0n) is 15.5. The first-order valence-corrected chi connectivity index (χ1v) is 8.94. The minimum Gasteiger partial charge on any atom is -0.351 e. The first kappa shape index (κ1) is 20.6. The summed E-state index contributed by atoms with van der Waals surface area (Å²) in [6.45, 7) is 4.23. The van der Waals surface area contributed by atoms with Gasteiger partial charge in [0.15, 0.2) is 0 Å². The molecule has 27 heavy (non-hydrogen) atoms. The lowest BCUT2D eigenvalue weighted by Crippen LogP contribution is -2.33. The first-order valence-electron chi connectivity index (χ1n) is 8.94. The van der Waals surface area contributed by atoms with Crippen molar-refractivity contribution in [3.8, 4) is 0 Å². The van der Waals surface area contributed by atoms with Gasteiger partial charge >= 0.3 is 0 Å². The maximum atomic E-state index is 13.6. The molecule has 1 unspecified atom stereocenters. The molecular formula is C21H24F2N2O2. The molecule has 0 aliphatic heterocycles. The lowest BCUT2D eigenvalue weighted by molar-refractivity contribution is -0.121. The van der Waals surface area contributed by atoms with Crippen molar-refractivity contribution in [1.29, 1.82) is 0 Å². The number of benzene rings is 2. The predicted octanol–water partition coefficient (Wildman–Crippen LogP) is 3.99. The summed E-state index contributed by atoms with van der Waals surface area (Å²) in [6, 6.07) is 12.3. The third kappa shape index (κ3) is 6.47. The Morgan fingerprint density at radius 2 is 1.74 bits per heavy atom. The van der Waals surface area contributed by atoms with E-state index < -0.39 is 17.5 Å². The van der Waals surface area contributed by atoms with Crippen LogP contribution in [0.25, 0.3) is 0 Å². The summed E-state index contributed by atoms with van der Waals surface area (Å²) in [5, 5.41) is 5.46. The molecule has 2 rings (SSSR count). The standard InChI is InChI=1S/C21H24F2N2O2/c1-14(2)12-19(15-6-4-3-5-7-15)25-20(26)10-11-24-21(27)17-9-8-16(22)13-18(17)23/h3-9,13-14,19H,10-12H2,1-2H3,(H,24,27)(H,25,26). The fourth-order valence-corrected chi connectivity index (χ4v) is 2.76. The van der Waals surface area contributed by atoms with Crippen molar-refractivity contribution in [3.63, 3.8) is 0 Å². The van der Waals surface area contributed by atoms with Crippen LogP contribution < -0.4 is 10.6 Å². The largest absolute Gasteiger partial charge is 0.351 e. The Morgan fingerprint density at radius 3 is 2.37 bits per heavy atom. The highest BCUT2D eigenvalue weighted by Crippen LogP contribution is 2.21. The van der Waals surface area contributed by atoms with E-state index in [0.29, 0.717) is 12.0 Å². The van der Waals surface area contributed by atoms with Crippen LogP contribution in [-0.2, 0) is 4.79 Å². The zero-order chi connectivity index (χ0) is 19.8. The minimum absolute atomic E-state index is 0.0602. The smallest absolute Gasteiger partial charge is 0.254 e. The molecule has 0 bridgehead atoms. The summed E-state index contributed by atoms with van der Waals surface area (Å²) in [6.07, 6.45) is 0.860. The second kappa shape index (κ2) is 9.80. The van der Waals surface area contributed by atoms with Crippen molar-refractivity contribution in [2.75, 3.05) is 6.54 Å². The molecule has 2 amide bonds. The Hall–Kier alpha value is -2.76. The molecular weight excluding hydrogens is 350 g/mol. The molecule has 0 saturated heterocycles. The fourth-order valence-electron chi connectivity index (χ4n) is 2.76. The highest BCUT2D eigenvalue weighted by molar-refractivity contribution is 5.94. The van der Waals surface area contributed by atoms with Crippen molar-refractivity contribution in [2.24, 2.45) is 5.92 Å². The van der Waals surface area contributed by atoms with Crippen molar-refractivity contribution in [2.45, 2.75) is 32.7 Å². The Bertz CT molecular complexity index is 779. The van der Waals surface area contributed by atoms with Gasteiger partial charge < -0.3 is 10.6 Å².